The summed E-state index contributed by atoms with van der Waals surface area (Å²) in [5.74, 6) is 0.575. The molecule has 1 atom stereocenters. The summed E-state index contributed by atoms with van der Waals surface area (Å²) in [7, 11) is 0. The molecule has 1 heterocycles. The molecule has 0 aliphatic carbocycles. The molecular weight excluding hydrogens is 264 g/mol. The zero-order chi connectivity index (χ0) is 14.8. The number of nitrogens with one attached hydrogen (secondary N) is 2. The summed E-state index contributed by atoms with van der Waals surface area (Å²) in [6.45, 7) is 4.49. The quantitative estimate of drug-likeness (QED) is 0.890. The van der Waals surface area contributed by atoms with E-state index in [2.05, 4.69) is 16.7 Å². The predicted octanol–water partition coefficient (Wildman–Crippen LogP) is 3.12. The molecule has 0 saturated carbocycles. The molecule has 108 valence electrons. The molecule has 2 aromatic carbocycles. The second kappa shape index (κ2) is 5.48. The van der Waals surface area contributed by atoms with Gasteiger partial charge in [0, 0.05) is 5.69 Å². The number of carbonyl (C=O) groups is 1. The van der Waals surface area contributed by atoms with Crippen molar-refractivity contribution in [3.63, 3.8) is 0 Å². The maximum absolute atomic E-state index is 12.3. The van der Waals surface area contributed by atoms with Gasteiger partial charge in [0.1, 0.15) is 5.75 Å². The summed E-state index contributed by atoms with van der Waals surface area (Å²) in [4.78, 5) is 12.3. The van der Waals surface area contributed by atoms with E-state index in [1.54, 1.807) is 0 Å². The van der Waals surface area contributed by atoms with Crippen molar-refractivity contribution < 1.29 is 9.53 Å². The zero-order valence-corrected chi connectivity index (χ0v) is 12.1. The topological polar surface area (TPSA) is 50.4 Å². The molecule has 0 radical (unpaired) electrons. The molecule has 2 N–H and O–H groups in total. The first-order valence-corrected chi connectivity index (χ1v) is 7.00. The number of para-hydroxylation sites is 2. The molecule has 4 heteroatoms. The lowest BCUT2D eigenvalue weighted by atomic mass is 10.1. The van der Waals surface area contributed by atoms with Gasteiger partial charge in [-0.05, 0) is 49.2 Å². The van der Waals surface area contributed by atoms with Gasteiger partial charge in [0.15, 0.2) is 6.10 Å². The highest BCUT2D eigenvalue weighted by molar-refractivity contribution is 5.95. The molecule has 1 aliphatic heterocycles. The van der Waals surface area contributed by atoms with Gasteiger partial charge in [-0.1, -0.05) is 18.2 Å². The molecule has 0 spiro atoms. The smallest absolute Gasteiger partial charge is 0.267 e. The minimum atomic E-state index is -0.527. The lowest BCUT2D eigenvalue weighted by Crippen LogP contribution is -2.41. The van der Waals surface area contributed by atoms with Crippen LogP contribution in [0.5, 0.6) is 5.75 Å². The largest absolute Gasteiger partial charge is 0.477 e. The molecule has 1 unspecified atom stereocenters. The van der Waals surface area contributed by atoms with Crippen molar-refractivity contribution in [1.29, 1.82) is 0 Å². The number of hydrogen-bond acceptors (Lipinski definition) is 3. The second-order valence-corrected chi connectivity index (χ2v) is 5.35. The fourth-order valence-electron chi connectivity index (χ4n) is 2.53. The molecule has 1 aliphatic rings. The Morgan fingerprint density at radius 3 is 2.67 bits per heavy atom. The second-order valence-electron chi connectivity index (χ2n) is 5.35. The minimum absolute atomic E-state index is 0.137. The van der Waals surface area contributed by atoms with Gasteiger partial charge in [0.25, 0.3) is 5.91 Å². The summed E-state index contributed by atoms with van der Waals surface area (Å²) >= 11 is 0. The normalized spacial score (nSPS) is 16.4. The van der Waals surface area contributed by atoms with E-state index in [0.717, 1.165) is 22.5 Å². The highest BCUT2D eigenvalue weighted by atomic mass is 16.5. The number of amides is 1. The van der Waals surface area contributed by atoms with Crippen LogP contribution in [0.3, 0.4) is 0 Å². The van der Waals surface area contributed by atoms with E-state index in [4.69, 9.17) is 4.74 Å². The third-order valence-electron chi connectivity index (χ3n) is 3.42. The number of hydrogen-bond donors (Lipinski definition) is 2. The van der Waals surface area contributed by atoms with E-state index in [-0.39, 0.29) is 5.91 Å². The fourth-order valence-corrected chi connectivity index (χ4v) is 2.53. The van der Waals surface area contributed by atoms with Crippen LogP contribution in [0.1, 0.15) is 11.1 Å². The average molecular weight is 282 g/mol. The van der Waals surface area contributed by atoms with Crippen molar-refractivity contribution >= 4 is 17.3 Å². The molecule has 3 rings (SSSR count). The van der Waals surface area contributed by atoms with Gasteiger partial charge in [-0.2, -0.15) is 0 Å². The summed E-state index contributed by atoms with van der Waals surface area (Å²) in [5.41, 5.74) is 3.98. The third-order valence-corrected chi connectivity index (χ3v) is 3.42. The lowest BCUT2D eigenvalue weighted by Gasteiger charge is -2.26. The highest BCUT2D eigenvalue weighted by Crippen LogP contribution is 2.28. The van der Waals surface area contributed by atoms with Crippen molar-refractivity contribution in [3.8, 4) is 5.75 Å². The lowest BCUT2D eigenvalue weighted by molar-refractivity contribution is -0.122. The van der Waals surface area contributed by atoms with Crippen molar-refractivity contribution in [2.75, 3.05) is 17.2 Å². The summed E-state index contributed by atoms with van der Waals surface area (Å²) in [5, 5.41) is 6.14. The number of rotatable bonds is 2. The Hall–Kier alpha value is -2.49. The Bertz CT molecular complexity index is 662. The standard InChI is InChI=1S/C17H18N2O2/c1-11-7-12(2)9-13(8-11)19-17(20)16-10-18-14-5-3-4-6-15(14)21-16/h3-9,16,18H,10H2,1-2H3,(H,19,20). The maximum Gasteiger partial charge on any atom is 0.267 e. The first kappa shape index (κ1) is 13.5. The van der Waals surface area contributed by atoms with E-state index < -0.39 is 6.10 Å². The maximum atomic E-state index is 12.3. The van der Waals surface area contributed by atoms with Crippen LogP contribution < -0.4 is 15.4 Å². The molecular formula is C17H18N2O2. The highest BCUT2D eigenvalue weighted by Gasteiger charge is 2.25. The van der Waals surface area contributed by atoms with Crippen LogP contribution in [0.15, 0.2) is 42.5 Å². The van der Waals surface area contributed by atoms with Crippen LogP contribution in [0.25, 0.3) is 0 Å². The molecule has 0 aromatic heterocycles. The molecule has 21 heavy (non-hydrogen) atoms. The summed E-state index contributed by atoms with van der Waals surface area (Å²) in [6.07, 6.45) is -0.527. The number of ether oxygens (including phenoxy) is 1. The number of fused-ring (bicyclic) bond motifs is 1. The van der Waals surface area contributed by atoms with Gasteiger partial charge >= 0.3 is 0 Å². The SMILES string of the molecule is Cc1cc(C)cc(NC(=O)C2CNc3ccccc3O2)c1. The Kier molecular flexibility index (Phi) is 3.52. The number of benzene rings is 2. The Balaban J connectivity index is 1.72. The zero-order valence-electron chi connectivity index (χ0n) is 12.1. The van der Waals surface area contributed by atoms with Crippen LogP contribution in [0.4, 0.5) is 11.4 Å². The summed E-state index contributed by atoms with van der Waals surface area (Å²) < 4.78 is 5.75. The Morgan fingerprint density at radius 1 is 1.19 bits per heavy atom. The minimum Gasteiger partial charge on any atom is -0.477 e. The molecule has 0 bridgehead atoms. The van der Waals surface area contributed by atoms with Gasteiger partial charge in [0.2, 0.25) is 0 Å². The van der Waals surface area contributed by atoms with Gasteiger partial charge in [0.05, 0.1) is 12.2 Å². The van der Waals surface area contributed by atoms with E-state index in [1.807, 2.05) is 50.2 Å². The molecule has 1 amide bonds. The third kappa shape index (κ3) is 2.99. The molecule has 0 fully saturated rings. The number of aryl methyl sites for hydroxylation is 2. The fraction of sp³-hybridized carbons (Fsp3) is 0.235. The van der Waals surface area contributed by atoms with Crippen LogP contribution in [-0.4, -0.2) is 18.6 Å². The van der Waals surface area contributed by atoms with Crippen LogP contribution in [0, 0.1) is 13.8 Å². The van der Waals surface area contributed by atoms with E-state index in [9.17, 15) is 4.79 Å². The van der Waals surface area contributed by atoms with Gasteiger partial charge in [-0.15, -0.1) is 0 Å². The van der Waals surface area contributed by atoms with E-state index >= 15 is 0 Å². The van der Waals surface area contributed by atoms with Crippen molar-refractivity contribution in [3.05, 3.63) is 53.6 Å². The van der Waals surface area contributed by atoms with Crippen LogP contribution in [-0.2, 0) is 4.79 Å². The molecule has 0 saturated heterocycles. The van der Waals surface area contributed by atoms with E-state index in [0.29, 0.717) is 12.3 Å². The first-order chi connectivity index (χ1) is 10.1. The monoisotopic (exact) mass is 282 g/mol. The van der Waals surface area contributed by atoms with Crippen molar-refractivity contribution in [1.82, 2.24) is 0 Å². The molecule has 4 nitrogen and oxygen atoms in total. The Morgan fingerprint density at radius 2 is 1.90 bits per heavy atom. The van der Waals surface area contributed by atoms with Crippen molar-refractivity contribution in [2.45, 2.75) is 20.0 Å². The van der Waals surface area contributed by atoms with Gasteiger partial charge < -0.3 is 15.4 Å². The van der Waals surface area contributed by atoms with Crippen LogP contribution >= 0.6 is 0 Å². The Labute approximate surface area is 124 Å². The van der Waals surface area contributed by atoms with Gasteiger partial charge in [-0.25, -0.2) is 0 Å². The first-order valence-electron chi connectivity index (χ1n) is 7.00. The van der Waals surface area contributed by atoms with Gasteiger partial charge in [-0.3, -0.25) is 4.79 Å². The number of anilines is 2. The van der Waals surface area contributed by atoms with Crippen molar-refractivity contribution in [2.24, 2.45) is 0 Å². The van der Waals surface area contributed by atoms with E-state index in [1.165, 1.54) is 0 Å². The number of carbonyl (C=O) groups excluding carboxylic acids is 1. The van der Waals surface area contributed by atoms with Crippen LogP contribution in [0.2, 0.25) is 0 Å². The predicted molar refractivity (Wildman–Crippen MR) is 83.9 cm³/mol. The summed E-state index contributed by atoms with van der Waals surface area (Å²) in [6, 6.07) is 13.6. The molecule has 2 aromatic rings. The average Bonchev–Trinajstić information content (AvgIpc) is 2.45.